The van der Waals surface area contributed by atoms with E-state index in [4.69, 9.17) is 5.73 Å². The first-order valence-electron chi connectivity index (χ1n) is 6.41. The van der Waals surface area contributed by atoms with Gasteiger partial charge in [-0.2, -0.15) is 11.8 Å². The Morgan fingerprint density at radius 1 is 1.47 bits per heavy atom. The van der Waals surface area contributed by atoms with E-state index in [1.807, 2.05) is 19.1 Å². The molecule has 2 aromatic rings. The first kappa shape index (κ1) is 14.1. The Balaban J connectivity index is 2.23. The average Bonchev–Trinajstić information content (AvgIpc) is 2.36. The summed E-state index contributed by atoms with van der Waals surface area (Å²) in [6.07, 6.45) is 2.75. The van der Waals surface area contributed by atoms with Crippen molar-refractivity contribution >= 4 is 17.4 Å². The van der Waals surface area contributed by atoms with Gasteiger partial charge in [-0.25, -0.2) is 4.98 Å². The van der Waals surface area contributed by atoms with Gasteiger partial charge < -0.3 is 5.73 Å². The lowest BCUT2D eigenvalue weighted by Gasteiger charge is -2.09. The van der Waals surface area contributed by atoms with E-state index < -0.39 is 0 Å². The number of pyridine rings is 1. The minimum absolute atomic E-state index is 0.0212. The molecule has 2 N–H and O–H groups in total. The molecule has 0 aliphatic heterocycles. The van der Waals surface area contributed by atoms with Crippen LogP contribution in [-0.2, 0) is 5.75 Å². The van der Waals surface area contributed by atoms with E-state index in [1.54, 1.807) is 28.4 Å². The summed E-state index contributed by atoms with van der Waals surface area (Å²) in [6.45, 7) is 4.84. The summed E-state index contributed by atoms with van der Waals surface area (Å²) < 4.78 is 1.57. The molecular weight excluding hydrogens is 258 g/mol. The molecule has 2 rings (SSSR count). The van der Waals surface area contributed by atoms with Crippen LogP contribution in [0.25, 0.3) is 5.65 Å². The third-order valence-electron chi connectivity index (χ3n) is 2.96. The van der Waals surface area contributed by atoms with Crippen LogP contribution < -0.4 is 11.3 Å². The average molecular weight is 277 g/mol. The Bertz CT molecular complexity index is 624. The maximum absolute atomic E-state index is 12.0. The van der Waals surface area contributed by atoms with Crippen LogP contribution in [0.4, 0.5) is 0 Å². The first-order chi connectivity index (χ1) is 9.10. The number of nitrogens with two attached hydrogens (primary N) is 1. The van der Waals surface area contributed by atoms with Crippen LogP contribution in [0, 0.1) is 6.92 Å². The van der Waals surface area contributed by atoms with Crippen molar-refractivity contribution in [3.63, 3.8) is 0 Å². The van der Waals surface area contributed by atoms with E-state index in [-0.39, 0.29) is 5.56 Å². The van der Waals surface area contributed by atoms with Crippen molar-refractivity contribution in [2.24, 2.45) is 5.73 Å². The number of thioether (sulfide) groups is 1. The SMILES string of the molecule is Cc1ccn2c(=O)cc(CSC(C)CCN)nc2c1. The van der Waals surface area contributed by atoms with E-state index in [2.05, 4.69) is 11.9 Å². The van der Waals surface area contributed by atoms with Gasteiger partial charge in [-0.15, -0.1) is 0 Å². The summed E-state index contributed by atoms with van der Waals surface area (Å²) in [6, 6.07) is 5.46. The van der Waals surface area contributed by atoms with Gasteiger partial charge >= 0.3 is 0 Å². The van der Waals surface area contributed by atoms with Crippen LogP contribution in [0.5, 0.6) is 0 Å². The maximum atomic E-state index is 12.0. The smallest absolute Gasteiger partial charge is 0.258 e. The number of rotatable bonds is 5. The molecule has 0 saturated carbocycles. The highest BCUT2D eigenvalue weighted by molar-refractivity contribution is 7.99. The Labute approximate surface area is 117 Å². The third-order valence-corrected chi connectivity index (χ3v) is 4.23. The molecule has 1 unspecified atom stereocenters. The van der Waals surface area contributed by atoms with Crippen molar-refractivity contribution < 1.29 is 0 Å². The quantitative estimate of drug-likeness (QED) is 0.907. The lowest BCUT2D eigenvalue weighted by molar-refractivity contribution is 0.822. The normalized spacial score (nSPS) is 12.8. The minimum Gasteiger partial charge on any atom is -0.330 e. The molecule has 0 radical (unpaired) electrons. The van der Waals surface area contributed by atoms with Crippen LogP contribution >= 0.6 is 11.8 Å². The second-order valence-corrected chi connectivity index (χ2v) is 6.14. The molecule has 0 fully saturated rings. The fourth-order valence-electron chi connectivity index (χ4n) is 1.87. The van der Waals surface area contributed by atoms with Gasteiger partial charge in [0.15, 0.2) is 0 Å². The Hall–Kier alpha value is -1.33. The molecule has 19 heavy (non-hydrogen) atoms. The number of aromatic nitrogens is 2. The fraction of sp³-hybridized carbons (Fsp3) is 0.429. The largest absolute Gasteiger partial charge is 0.330 e. The molecule has 4 nitrogen and oxygen atoms in total. The van der Waals surface area contributed by atoms with Crippen molar-refractivity contribution in [3.05, 3.63) is 46.0 Å². The summed E-state index contributed by atoms with van der Waals surface area (Å²) in [5, 5.41) is 0.489. The standard InChI is InChI=1S/C14H19N3OS/c1-10-4-6-17-13(7-10)16-12(8-14(17)18)9-19-11(2)3-5-15/h4,6-8,11H,3,5,9,15H2,1-2H3. The molecule has 0 aliphatic rings. The lowest BCUT2D eigenvalue weighted by atomic mass is 10.3. The summed E-state index contributed by atoms with van der Waals surface area (Å²) in [5.74, 6) is 0.751. The van der Waals surface area contributed by atoms with Crippen LogP contribution in [-0.4, -0.2) is 21.2 Å². The maximum Gasteiger partial charge on any atom is 0.258 e. The van der Waals surface area contributed by atoms with E-state index in [9.17, 15) is 4.79 Å². The van der Waals surface area contributed by atoms with Gasteiger partial charge in [0.1, 0.15) is 5.65 Å². The second-order valence-electron chi connectivity index (χ2n) is 4.72. The zero-order valence-electron chi connectivity index (χ0n) is 11.3. The minimum atomic E-state index is -0.0212. The second kappa shape index (κ2) is 6.21. The van der Waals surface area contributed by atoms with Crippen molar-refractivity contribution in [3.8, 4) is 0 Å². The van der Waals surface area contributed by atoms with Gasteiger partial charge in [0, 0.05) is 23.3 Å². The van der Waals surface area contributed by atoms with Gasteiger partial charge in [-0.3, -0.25) is 9.20 Å². The Morgan fingerprint density at radius 3 is 3.00 bits per heavy atom. The van der Waals surface area contributed by atoms with Crippen LogP contribution in [0.3, 0.4) is 0 Å². The highest BCUT2D eigenvalue weighted by Crippen LogP contribution is 2.18. The molecule has 0 aliphatic carbocycles. The molecule has 0 amide bonds. The highest BCUT2D eigenvalue weighted by Gasteiger charge is 2.06. The molecule has 102 valence electrons. The molecular formula is C14H19N3OS. The number of nitrogens with zero attached hydrogens (tertiary/aromatic N) is 2. The molecule has 2 aromatic heterocycles. The lowest BCUT2D eigenvalue weighted by Crippen LogP contribution is -2.15. The van der Waals surface area contributed by atoms with Gasteiger partial charge in [0.25, 0.3) is 5.56 Å². The predicted octanol–water partition coefficient (Wildman–Crippen LogP) is 1.97. The van der Waals surface area contributed by atoms with Crippen molar-refractivity contribution in [2.75, 3.05) is 6.54 Å². The van der Waals surface area contributed by atoms with E-state index in [0.29, 0.717) is 11.8 Å². The molecule has 1 atom stereocenters. The van der Waals surface area contributed by atoms with Crippen molar-refractivity contribution in [2.45, 2.75) is 31.3 Å². The zero-order valence-corrected chi connectivity index (χ0v) is 12.1. The fourth-order valence-corrected chi connectivity index (χ4v) is 2.78. The predicted molar refractivity (Wildman–Crippen MR) is 80.6 cm³/mol. The van der Waals surface area contributed by atoms with Crippen LogP contribution in [0.1, 0.15) is 24.6 Å². The molecule has 0 bridgehead atoms. The van der Waals surface area contributed by atoms with E-state index in [0.717, 1.165) is 29.1 Å². The molecule has 0 saturated heterocycles. The molecule has 0 aromatic carbocycles. The number of aryl methyl sites for hydroxylation is 1. The molecule has 2 heterocycles. The molecule has 0 spiro atoms. The van der Waals surface area contributed by atoms with Gasteiger partial charge in [0.2, 0.25) is 0 Å². The van der Waals surface area contributed by atoms with Crippen LogP contribution in [0.15, 0.2) is 29.2 Å². The number of hydrogen-bond donors (Lipinski definition) is 1. The van der Waals surface area contributed by atoms with Crippen molar-refractivity contribution in [1.82, 2.24) is 9.38 Å². The van der Waals surface area contributed by atoms with E-state index >= 15 is 0 Å². The monoisotopic (exact) mass is 277 g/mol. The van der Waals surface area contributed by atoms with Gasteiger partial charge in [-0.1, -0.05) is 6.92 Å². The molecule has 5 heteroatoms. The van der Waals surface area contributed by atoms with E-state index in [1.165, 1.54) is 0 Å². The van der Waals surface area contributed by atoms with Crippen LogP contribution in [0.2, 0.25) is 0 Å². The summed E-state index contributed by atoms with van der Waals surface area (Å²) >= 11 is 1.78. The first-order valence-corrected chi connectivity index (χ1v) is 7.45. The summed E-state index contributed by atoms with van der Waals surface area (Å²) in [7, 11) is 0. The highest BCUT2D eigenvalue weighted by atomic mass is 32.2. The topological polar surface area (TPSA) is 60.4 Å². The zero-order chi connectivity index (χ0) is 13.8. The third kappa shape index (κ3) is 3.58. The Kier molecular flexibility index (Phi) is 4.61. The summed E-state index contributed by atoms with van der Waals surface area (Å²) in [4.78, 5) is 16.5. The van der Waals surface area contributed by atoms with Gasteiger partial charge in [0.05, 0.1) is 5.69 Å². The van der Waals surface area contributed by atoms with Crippen molar-refractivity contribution in [1.29, 1.82) is 0 Å². The number of hydrogen-bond acceptors (Lipinski definition) is 4. The Morgan fingerprint density at radius 2 is 2.26 bits per heavy atom. The summed E-state index contributed by atoms with van der Waals surface area (Å²) in [5.41, 5.74) is 8.17. The van der Waals surface area contributed by atoms with Gasteiger partial charge in [-0.05, 0) is 37.6 Å². The number of fused-ring (bicyclic) bond motifs is 1.